The SMILES string of the molecule is COc1cc(C(=O)N(Cc2ccc(F)cc2F)C2CC2)cc(Cl)c1OC. The van der Waals surface area contributed by atoms with Crippen molar-refractivity contribution in [3.8, 4) is 11.5 Å². The number of nitrogens with zero attached hydrogens (tertiary/aromatic N) is 1. The Kier molecular flexibility index (Phi) is 5.32. The normalized spacial score (nSPS) is 13.4. The van der Waals surface area contributed by atoms with Crippen molar-refractivity contribution < 1.29 is 23.0 Å². The van der Waals surface area contributed by atoms with Gasteiger partial charge in [-0.3, -0.25) is 4.79 Å². The Bertz CT molecular complexity index is 840. The third-order valence-corrected chi connectivity index (χ3v) is 4.57. The van der Waals surface area contributed by atoms with Gasteiger partial charge in [-0.05, 0) is 31.0 Å². The summed E-state index contributed by atoms with van der Waals surface area (Å²) in [6.45, 7) is 0.0571. The predicted molar refractivity (Wildman–Crippen MR) is 93.8 cm³/mol. The van der Waals surface area contributed by atoms with Crippen LogP contribution in [0.4, 0.5) is 8.78 Å². The zero-order chi connectivity index (χ0) is 18.8. The van der Waals surface area contributed by atoms with Crippen LogP contribution >= 0.6 is 11.6 Å². The molecule has 138 valence electrons. The number of ether oxygens (including phenoxy) is 2. The molecule has 4 nitrogen and oxygen atoms in total. The van der Waals surface area contributed by atoms with E-state index in [0.717, 1.165) is 18.9 Å². The quantitative estimate of drug-likeness (QED) is 0.742. The molecule has 0 atom stereocenters. The largest absolute Gasteiger partial charge is 0.493 e. The van der Waals surface area contributed by atoms with E-state index in [1.807, 2.05) is 0 Å². The predicted octanol–water partition coefficient (Wildman–Crippen LogP) is 4.44. The van der Waals surface area contributed by atoms with Crippen LogP contribution in [0.3, 0.4) is 0 Å². The van der Waals surface area contributed by atoms with E-state index in [1.165, 1.54) is 32.4 Å². The molecule has 0 aromatic heterocycles. The molecule has 0 bridgehead atoms. The van der Waals surface area contributed by atoms with Gasteiger partial charge in [-0.1, -0.05) is 17.7 Å². The van der Waals surface area contributed by atoms with E-state index < -0.39 is 11.6 Å². The average molecular weight is 382 g/mol. The van der Waals surface area contributed by atoms with Gasteiger partial charge in [-0.2, -0.15) is 0 Å². The Morgan fingerprint density at radius 1 is 1.19 bits per heavy atom. The van der Waals surface area contributed by atoms with Gasteiger partial charge in [0.2, 0.25) is 0 Å². The van der Waals surface area contributed by atoms with Crippen LogP contribution in [-0.4, -0.2) is 31.1 Å². The number of halogens is 3. The number of rotatable bonds is 6. The zero-order valence-electron chi connectivity index (χ0n) is 14.4. The van der Waals surface area contributed by atoms with Crippen LogP contribution in [0.5, 0.6) is 11.5 Å². The van der Waals surface area contributed by atoms with Crippen molar-refractivity contribution in [3.63, 3.8) is 0 Å². The first-order valence-corrected chi connectivity index (χ1v) is 8.48. The first-order chi connectivity index (χ1) is 12.4. The fraction of sp³-hybridized carbons (Fsp3) is 0.316. The molecule has 3 rings (SSSR count). The summed E-state index contributed by atoms with van der Waals surface area (Å²) in [4.78, 5) is 14.6. The molecule has 7 heteroatoms. The average Bonchev–Trinajstić information content (AvgIpc) is 3.44. The lowest BCUT2D eigenvalue weighted by Crippen LogP contribution is -2.33. The van der Waals surface area contributed by atoms with Crippen LogP contribution in [0.15, 0.2) is 30.3 Å². The Labute approximate surface area is 155 Å². The maximum atomic E-state index is 14.0. The lowest BCUT2D eigenvalue weighted by molar-refractivity contribution is 0.0728. The number of carbonyl (C=O) groups excluding carboxylic acids is 1. The van der Waals surface area contributed by atoms with Gasteiger partial charge >= 0.3 is 0 Å². The molecule has 1 fully saturated rings. The molecule has 2 aromatic rings. The minimum absolute atomic E-state index is 0.0267. The van der Waals surface area contributed by atoms with Gasteiger partial charge in [0.15, 0.2) is 11.5 Å². The number of benzene rings is 2. The summed E-state index contributed by atoms with van der Waals surface area (Å²) in [5.41, 5.74) is 0.584. The molecule has 0 spiro atoms. The van der Waals surface area contributed by atoms with Gasteiger partial charge in [0.05, 0.1) is 19.2 Å². The van der Waals surface area contributed by atoms with E-state index in [1.54, 1.807) is 11.0 Å². The van der Waals surface area contributed by atoms with E-state index in [-0.39, 0.29) is 29.1 Å². The first kappa shape index (κ1) is 18.5. The molecule has 2 aromatic carbocycles. The minimum Gasteiger partial charge on any atom is -0.493 e. The highest BCUT2D eigenvalue weighted by Crippen LogP contribution is 2.37. The molecule has 0 saturated heterocycles. The summed E-state index contributed by atoms with van der Waals surface area (Å²) in [7, 11) is 2.91. The molecule has 0 aliphatic heterocycles. The van der Waals surface area contributed by atoms with Gasteiger partial charge < -0.3 is 14.4 Å². The molecular formula is C19H18ClF2NO3. The second-order valence-corrected chi connectivity index (χ2v) is 6.50. The number of amides is 1. The van der Waals surface area contributed by atoms with E-state index in [9.17, 15) is 13.6 Å². The highest BCUT2D eigenvalue weighted by atomic mass is 35.5. The van der Waals surface area contributed by atoms with Crippen molar-refractivity contribution in [2.75, 3.05) is 14.2 Å². The molecule has 1 saturated carbocycles. The van der Waals surface area contributed by atoms with E-state index in [2.05, 4.69) is 0 Å². The maximum Gasteiger partial charge on any atom is 0.254 e. The highest BCUT2D eigenvalue weighted by Gasteiger charge is 2.34. The van der Waals surface area contributed by atoms with E-state index in [0.29, 0.717) is 17.1 Å². The monoisotopic (exact) mass is 381 g/mol. The van der Waals surface area contributed by atoms with E-state index >= 15 is 0 Å². The molecule has 0 radical (unpaired) electrons. The number of hydrogen-bond donors (Lipinski definition) is 0. The summed E-state index contributed by atoms with van der Waals surface area (Å²) >= 11 is 6.18. The Balaban J connectivity index is 1.91. The van der Waals surface area contributed by atoms with Gasteiger partial charge in [-0.25, -0.2) is 8.78 Å². The van der Waals surface area contributed by atoms with Crippen molar-refractivity contribution in [3.05, 3.63) is 58.1 Å². The van der Waals surface area contributed by atoms with Crippen molar-refractivity contribution in [1.29, 1.82) is 0 Å². The van der Waals surface area contributed by atoms with Crippen LogP contribution in [-0.2, 0) is 6.54 Å². The Morgan fingerprint density at radius 3 is 2.50 bits per heavy atom. The summed E-state index contributed by atoms with van der Waals surface area (Å²) in [6.07, 6.45) is 1.69. The van der Waals surface area contributed by atoms with Crippen molar-refractivity contribution in [2.45, 2.75) is 25.4 Å². The van der Waals surface area contributed by atoms with Gasteiger partial charge in [0, 0.05) is 29.8 Å². The molecule has 0 unspecified atom stereocenters. The fourth-order valence-corrected chi connectivity index (χ4v) is 3.08. The van der Waals surface area contributed by atoms with Crippen LogP contribution < -0.4 is 9.47 Å². The molecule has 1 amide bonds. The number of hydrogen-bond acceptors (Lipinski definition) is 3. The van der Waals surface area contributed by atoms with Gasteiger partial charge in [-0.15, -0.1) is 0 Å². The summed E-state index contributed by atoms with van der Waals surface area (Å²) < 4.78 is 37.5. The second-order valence-electron chi connectivity index (χ2n) is 6.09. The summed E-state index contributed by atoms with van der Waals surface area (Å²) in [6, 6.07) is 6.43. The first-order valence-electron chi connectivity index (χ1n) is 8.11. The Hall–Kier alpha value is -2.34. The molecule has 1 aliphatic carbocycles. The number of carbonyl (C=O) groups is 1. The van der Waals surface area contributed by atoms with Crippen molar-refractivity contribution in [2.24, 2.45) is 0 Å². The summed E-state index contributed by atoms with van der Waals surface area (Å²) in [5.74, 6) is -0.935. The summed E-state index contributed by atoms with van der Waals surface area (Å²) in [5, 5.41) is 0.249. The Morgan fingerprint density at radius 2 is 1.92 bits per heavy atom. The van der Waals surface area contributed by atoms with Crippen LogP contribution in [0.25, 0.3) is 0 Å². The lowest BCUT2D eigenvalue weighted by atomic mass is 10.1. The smallest absolute Gasteiger partial charge is 0.254 e. The van der Waals surface area contributed by atoms with Crippen molar-refractivity contribution in [1.82, 2.24) is 4.90 Å². The molecule has 1 aliphatic rings. The van der Waals surface area contributed by atoms with Crippen LogP contribution in [0, 0.1) is 11.6 Å². The lowest BCUT2D eigenvalue weighted by Gasteiger charge is -2.23. The number of methoxy groups -OCH3 is 2. The van der Waals surface area contributed by atoms with Crippen LogP contribution in [0.2, 0.25) is 5.02 Å². The third-order valence-electron chi connectivity index (χ3n) is 4.28. The van der Waals surface area contributed by atoms with Crippen molar-refractivity contribution >= 4 is 17.5 Å². The zero-order valence-corrected chi connectivity index (χ0v) is 15.1. The maximum absolute atomic E-state index is 14.0. The van der Waals surface area contributed by atoms with Gasteiger partial charge in [0.25, 0.3) is 5.91 Å². The highest BCUT2D eigenvalue weighted by molar-refractivity contribution is 6.32. The standard InChI is InChI=1S/C19H18ClF2NO3/c1-25-17-8-12(7-15(20)18(17)26-2)19(24)23(14-5-6-14)10-11-3-4-13(21)9-16(11)22/h3-4,7-9,14H,5-6,10H2,1-2H3. The minimum atomic E-state index is -0.672. The second kappa shape index (κ2) is 7.50. The van der Waals surface area contributed by atoms with E-state index in [4.69, 9.17) is 21.1 Å². The molecule has 0 heterocycles. The third kappa shape index (κ3) is 3.75. The topological polar surface area (TPSA) is 38.8 Å². The van der Waals surface area contributed by atoms with Crippen LogP contribution in [0.1, 0.15) is 28.8 Å². The van der Waals surface area contributed by atoms with Gasteiger partial charge in [0.1, 0.15) is 11.6 Å². The molecule has 0 N–H and O–H groups in total. The molecule has 26 heavy (non-hydrogen) atoms. The fourth-order valence-electron chi connectivity index (χ4n) is 2.79. The molecular weight excluding hydrogens is 364 g/mol.